The molecule has 1 amide bonds. The van der Waals surface area contributed by atoms with E-state index in [2.05, 4.69) is 5.32 Å². The number of hydrogen-bond acceptors (Lipinski definition) is 3. The summed E-state index contributed by atoms with van der Waals surface area (Å²) in [5, 5.41) is 13.0. The van der Waals surface area contributed by atoms with Crippen molar-refractivity contribution in [2.24, 2.45) is 0 Å². The van der Waals surface area contributed by atoms with Gasteiger partial charge in [0.25, 0.3) is 0 Å². The molecule has 1 spiro atoms. The smallest absolute Gasteiger partial charge is 0.234 e. The van der Waals surface area contributed by atoms with Gasteiger partial charge in [-0.05, 0) is 6.42 Å². The van der Waals surface area contributed by atoms with Gasteiger partial charge in [0.1, 0.15) is 13.1 Å². The first-order valence-corrected chi connectivity index (χ1v) is 6.41. The van der Waals surface area contributed by atoms with E-state index in [1.54, 1.807) is 11.8 Å². The Morgan fingerprint density at radius 2 is 2.20 bits per heavy atom. The predicted octanol–water partition coefficient (Wildman–Crippen LogP) is 0.954. The third kappa shape index (κ3) is 2.14. The molecule has 15 heavy (non-hydrogen) atoms. The molecule has 2 rings (SSSR count). The SMILES string of the molecule is CC[C@@H]1SC2(CC[N+](C)(O)CC2)NC1=O. The highest BCUT2D eigenvalue weighted by atomic mass is 32.2. The van der Waals surface area contributed by atoms with Gasteiger partial charge in [0.2, 0.25) is 5.91 Å². The highest BCUT2D eigenvalue weighted by molar-refractivity contribution is 8.02. The van der Waals surface area contributed by atoms with Crippen molar-refractivity contribution in [2.45, 2.75) is 36.3 Å². The minimum atomic E-state index is -0.0851. The minimum absolute atomic E-state index is 0.0851. The maximum Gasteiger partial charge on any atom is 0.234 e. The van der Waals surface area contributed by atoms with E-state index in [4.69, 9.17) is 0 Å². The van der Waals surface area contributed by atoms with Crippen LogP contribution in [0, 0.1) is 0 Å². The van der Waals surface area contributed by atoms with Crippen molar-refractivity contribution in [3.05, 3.63) is 0 Å². The topological polar surface area (TPSA) is 49.3 Å². The number of likely N-dealkylation sites (tertiary alicyclic amines) is 1. The summed E-state index contributed by atoms with van der Waals surface area (Å²) in [5.41, 5.74) is 0. The van der Waals surface area contributed by atoms with Crippen LogP contribution in [0.5, 0.6) is 0 Å². The number of amides is 1. The molecule has 2 heterocycles. The second-order valence-corrected chi connectivity index (χ2v) is 6.37. The number of piperidine rings is 1. The summed E-state index contributed by atoms with van der Waals surface area (Å²) in [6, 6.07) is 0. The summed E-state index contributed by atoms with van der Waals surface area (Å²) >= 11 is 1.76. The highest BCUT2D eigenvalue weighted by Gasteiger charge is 2.49. The summed E-state index contributed by atoms with van der Waals surface area (Å²) < 4.78 is 0.0922. The first-order valence-electron chi connectivity index (χ1n) is 5.53. The molecule has 0 aliphatic carbocycles. The molecule has 0 bridgehead atoms. The minimum Gasteiger partial charge on any atom is -0.340 e. The van der Waals surface area contributed by atoms with Gasteiger partial charge in [0.05, 0.1) is 17.2 Å². The average Bonchev–Trinajstić information content (AvgIpc) is 2.49. The predicted molar refractivity (Wildman–Crippen MR) is 59.5 cm³/mol. The Morgan fingerprint density at radius 1 is 1.60 bits per heavy atom. The van der Waals surface area contributed by atoms with Gasteiger partial charge in [0, 0.05) is 12.8 Å². The Kier molecular flexibility index (Phi) is 2.73. The summed E-state index contributed by atoms with van der Waals surface area (Å²) in [5.74, 6) is 0.177. The number of thioether (sulfide) groups is 1. The van der Waals surface area contributed by atoms with Crippen molar-refractivity contribution in [1.82, 2.24) is 5.32 Å². The van der Waals surface area contributed by atoms with Crippen LogP contribution in [0.25, 0.3) is 0 Å². The van der Waals surface area contributed by atoms with Crippen LogP contribution in [0.4, 0.5) is 0 Å². The van der Waals surface area contributed by atoms with E-state index < -0.39 is 0 Å². The molecule has 2 aliphatic heterocycles. The van der Waals surface area contributed by atoms with Gasteiger partial charge < -0.3 is 5.32 Å². The first kappa shape index (κ1) is 11.2. The van der Waals surface area contributed by atoms with Gasteiger partial charge in [0.15, 0.2) is 0 Å². The lowest BCUT2D eigenvalue weighted by Crippen LogP contribution is -2.55. The fraction of sp³-hybridized carbons (Fsp3) is 0.900. The van der Waals surface area contributed by atoms with Crippen molar-refractivity contribution in [2.75, 3.05) is 20.1 Å². The molecule has 2 N–H and O–H groups in total. The van der Waals surface area contributed by atoms with Crippen LogP contribution in [0.2, 0.25) is 0 Å². The lowest BCUT2D eigenvalue weighted by molar-refractivity contribution is -1.09. The molecule has 0 radical (unpaired) electrons. The molecule has 2 fully saturated rings. The monoisotopic (exact) mass is 231 g/mol. The van der Waals surface area contributed by atoms with E-state index in [-0.39, 0.29) is 20.7 Å². The average molecular weight is 231 g/mol. The van der Waals surface area contributed by atoms with Gasteiger partial charge >= 0.3 is 0 Å². The van der Waals surface area contributed by atoms with E-state index >= 15 is 0 Å². The maximum absolute atomic E-state index is 11.6. The number of hydroxylamine groups is 3. The number of carbonyl (C=O) groups excluding carboxylic acids is 1. The van der Waals surface area contributed by atoms with Crippen molar-refractivity contribution < 1.29 is 14.6 Å². The molecule has 1 atom stereocenters. The van der Waals surface area contributed by atoms with Crippen molar-refractivity contribution >= 4 is 17.7 Å². The molecular weight excluding hydrogens is 212 g/mol. The fourth-order valence-corrected chi connectivity index (χ4v) is 3.71. The van der Waals surface area contributed by atoms with E-state index in [0.29, 0.717) is 0 Å². The summed E-state index contributed by atoms with van der Waals surface area (Å²) in [7, 11) is 1.83. The third-order valence-corrected chi connectivity index (χ3v) is 5.17. The van der Waals surface area contributed by atoms with Crippen LogP contribution < -0.4 is 5.32 Å². The number of rotatable bonds is 1. The van der Waals surface area contributed by atoms with Crippen molar-refractivity contribution in [3.8, 4) is 0 Å². The standard InChI is InChI=1S/C10H18N2O2S/c1-3-8-9(13)11-10(15-8)4-6-12(2,14)7-5-10/h8,14H,3-7H2,1-2H3/p+1/t8-,10?,12?/m0/s1. The molecule has 2 saturated heterocycles. The number of hydrogen-bond donors (Lipinski definition) is 2. The normalized spacial score (nSPS) is 45.8. The van der Waals surface area contributed by atoms with Crippen molar-refractivity contribution in [1.29, 1.82) is 0 Å². The van der Waals surface area contributed by atoms with Crippen LogP contribution in [-0.2, 0) is 4.79 Å². The molecule has 0 aromatic carbocycles. The molecule has 5 heteroatoms. The summed E-state index contributed by atoms with van der Waals surface area (Å²) in [6.45, 7) is 3.50. The van der Waals surface area contributed by atoms with Crippen LogP contribution in [0.1, 0.15) is 26.2 Å². The van der Waals surface area contributed by atoms with Gasteiger partial charge in [-0.15, -0.1) is 11.8 Å². The maximum atomic E-state index is 11.6. The molecular formula is C10H19N2O2S+. The summed E-state index contributed by atoms with van der Waals surface area (Å²) in [4.78, 5) is 11.6. The van der Waals surface area contributed by atoms with Gasteiger partial charge in [-0.25, -0.2) is 5.21 Å². The molecule has 2 aliphatic rings. The molecule has 0 aromatic rings. The zero-order valence-corrected chi connectivity index (χ0v) is 10.1. The number of quaternary nitrogens is 1. The van der Waals surface area contributed by atoms with Gasteiger partial charge in [-0.1, -0.05) is 6.92 Å². The molecule has 0 unspecified atom stereocenters. The zero-order chi connectivity index (χ0) is 11.1. The van der Waals surface area contributed by atoms with Crippen LogP contribution >= 0.6 is 11.8 Å². The van der Waals surface area contributed by atoms with Gasteiger partial charge in [-0.2, -0.15) is 4.65 Å². The lowest BCUT2D eigenvalue weighted by Gasteiger charge is -2.39. The quantitative estimate of drug-likeness (QED) is 0.661. The molecule has 86 valence electrons. The third-order valence-electron chi connectivity index (χ3n) is 3.38. The number of nitrogens with zero attached hydrogens (tertiary/aromatic N) is 1. The molecule has 4 nitrogen and oxygen atoms in total. The van der Waals surface area contributed by atoms with Crippen LogP contribution in [0.15, 0.2) is 0 Å². The Bertz CT molecular complexity index is 271. The van der Waals surface area contributed by atoms with E-state index in [1.807, 2.05) is 14.0 Å². The lowest BCUT2D eigenvalue weighted by atomic mass is 10.0. The summed E-state index contributed by atoms with van der Waals surface area (Å²) in [6.07, 6.45) is 2.63. The van der Waals surface area contributed by atoms with E-state index in [1.165, 1.54) is 0 Å². The Balaban J connectivity index is 2.03. The highest BCUT2D eigenvalue weighted by Crippen LogP contribution is 2.42. The van der Waals surface area contributed by atoms with Crippen LogP contribution in [-0.4, -0.2) is 46.0 Å². The van der Waals surface area contributed by atoms with E-state index in [9.17, 15) is 10.0 Å². The van der Waals surface area contributed by atoms with Crippen LogP contribution in [0.3, 0.4) is 0 Å². The Hall–Kier alpha value is -0.260. The second-order valence-electron chi connectivity index (χ2n) is 4.78. The Labute approximate surface area is 94.6 Å². The fourth-order valence-electron chi connectivity index (χ4n) is 2.25. The molecule has 0 aromatic heterocycles. The Morgan fingerprint density at radius 3 is 2.67 bits per heavy atom. The van der Waals surface area contributed by atoms with Crippen molar-refractivity contribution in [3.63, 3.8) is 0 Å². The number of carbonyl (C=O) groups is 1. The van der Waals surface area contributed by atoms with Gasteiger partial charge in [-0.3, -0.25) is 4.79 Å². The zero-order valence-electron chi connectivity index (χ0n) is 9.32. The largest absolute Gasteiger partial charge is 0.340 e. The number of nitrogens with one attached hydrogen (secondary N) is 1. The first-order chi connectivity index (χ1) is 6.96. The van der Waals surface area contributed by atoms with E-state index in [0.717, 1.165) is 32.4 Å². The second kappa shape index (κ2) is 3.64. The molecule has 0 saturated carbocycles.